The van der Waals surface area contributed by atoms with Gasteiger partial charge in [0.2, 0.25) is 11.8 Å². The molecule has 2 aromatic carbocycles. The summed E-state index contributed by atoms with van der Waals surface area (Å²) < 4.78 is 15.2. The van der Waals surface area contributed by atoms with E-state index >= 15 is 0 Å². The van der Waals surface area contributed by atoms with Crippen molar-refractivity contribution in [2.24, 2.45) is 0 Å². The number of methoxy groups -OCH3 is 2. The van der Waals surface area contributed by atoms with Crippen molar-refractivity contribution in [3.8, 4) is 11.5 Å². The van der Waals surface area contributed by atoms with Crippen LogP contribution in [0.3, 0.4) is 0 Å². The van der Waals surface area contributed by atoms with E-state index in [0.717, 1.165) is 0 Å². The lowest BCUT2D eigenvalue weighted by Gasteiger charge is -2.12. The summed E-state index contributed by atoms with van der Waals surface area (Å²) in [6.45, 7) is 2.00. The van der Waals surface area contributed by atoms with Crippen molar-refractivity contribution < 1.29 is 28.6 Å². The first-order chi connectivity index (χ1) is 13.5. The lowest BCUT2D eigenvalue weighted by atomic mass is 10.2. The normalized spacial score (nSPS) is 9.96. The molecule has 8 nitrogen and oxygen atoms in total. The highest BCUT2D eigenvalue weighted by Crippen LogP contribution is 2.28. The Kier molecular flexibility index (Phi) is 7.38. The summed E-state index contributed by atoms with van der Waals surface area (Å²) in [4.78, 5) is 35.9. The van der Waals surface area contributed by atoms with Crippen molar-refractivity contribution in [3.05, 3.63) is 48.0 Å². The quantitative estimate of drug-likeness (QED) is 0.534. The van der Waals surface area contributed by atoms with Crippen LogP contribution in [0.15, 0.2) is 42.5 Å². The Balaban J connectivity index is 1.94. The third kappa shape index (κ3) is 5.73. The molecule has 0 bridgehead atoms. The standard InChI is InChI=1S/C20H22N2O6/c1-4-28-20(25)13-5-7-14(8-6-13)21-18(23)12-19(24)22-16-11-15(26-2)9-10-17(16)27-3/h5-11H,4,12H2,1-3H3,(H,21,23)(H,22,24). The molecule has 2 aromatic rings. The number of hydrogen-bond donors (Lipinski definition) is 2. The average molecular weight is 386 g/mol. The molecule has 0 aromatic heterocycles. The van der Waals surface area contributed by atoms with Crippen molar-refractivity contribution in [2.45, 2.75) is 13.3 Å². The van der Waals surface area contributed by atoms with E-state index in [9.17, 15) is 14.4 Å². The lowest BCUT2D eigenvalue weighted by molar-refractivity contribution is -0.123. The first kappa shape index (κ1) is 20.8. The van der Waals surface area contributed by atoms with E-state index in [0.29, 0.717) is 28.4 Å². The molecule has 2 rings (SSSR count). The predicted molar refractivity (Wildman–Crippen MR) is 104 cm³/mol. The molecule has 0 fully saturated rings. The van der Waals surface area contributed by atoms with Gasteiger partial charge in [-0.3, -0.25) is 9.59 Å². The molecule has 8 heteroatoms. The number of nitrogens with one attached hydrogen (secondary N) is 2. The van der Waals surface area contributed by atoms with Crippen LogP contribution in [0.5, 0.6) is 11.5 Å². The summed E-state index contributed by atoms with van der Waals surface area (Å²) in [7, 11) is 2.98. The second-order valence-electron chi connectivity index (χ2n) is 5.64. The van der Waals surface area contributed by atoms with Crippen LogP contribution in [-0.4, -0.2) is 38.6 Å². The molecule has 0 aliphatic heterocycles. The number of ether oxygens (including phenoxy) is 3. The van der Waals surface area contributed by atoms with Gasteiger partial charge < -0.3 is 24.8 Å². The third-order valence-electron chi connectivity index (χ3n) is 3.68. The zero-order chi connectivity index (χ0) is 20.5. The Morgan fingerprint density at radius 3 is 2.18 bits per heavy atom. The van der Waals surface area contributed by atoms with Gasteiger partial charge in [-0.2, -0.15) is 0 Å². The highest BCUT2D eigenvalue weighted by atomic mass is 16.5. The summed E-state index contributed by atoms with van der Waals surface area (Å²) in [6, 6.07) is 11.1. The number of hydrogen-bond acceptors (Lipinski definition) is 6. The van der Waals surface area contributed by atoms with Crippen molar-refractivity contribution in [1.82, 2.24) is 0 Å². The fourth-order valence-corrected chi connectivity index (χ4v) is 2.36. The SMILES string of the molecule is CCOC(=O)c1ccc(NC(=O)CC(=O)Nc2cc(OC)ccc2OC)cc1. The van der Waals surface area contributed by atoms with Crippen LogP contribution in [0.2, 0.25) is 0 Å². The summed E-state index contributed by atoms with van der Waals surface area (Å²) in [5, 5.41) is 5.23. The molecule has 0 saturated heterocycles. The second kappa shape index (κ2) is 9.96. The van der Waals surface area contributed by atoms with Crippen molar-refractivity contribution in [3.63, 3.8) is 0 Å². The average Bonchev–Trinajstić information content (AvgIpc) is 2.68. The molecule has 148 valence electrons. The molecular weight excluding hydrogens is 364 g/mol. The van der Waals surface area contributed by atoms with Gasteiger partial charge in [0.05, 0.1) is 32.1 Å². The minimum atomic E-state index is -0.507. The largest absolute Gasteiger partial charge is 0.497 e. The maximum atomic E-state index is 12.2. The van der Waals surface area contributed by atoms with E-state index < -0.39 is 17.8 Å². The van der Waals surface area contributed by atoms with E-state index in [2.05, 4.69) is 10.6 Å². The molecular formula is C20H22N2O6. The predicted octanol–water partition coefficient (Wildman–Crippen LogP) is 2.85. The van der Waals surface area contributed by atoms with E-state index in [-0.39, 0.29) is 13.0 Å². The highest BCUT2D eigenvalue weighted by Gasteiger charge is 2.14. The van der Waals surface area contributed by atoms with Crippen LogP contribution in [0.4, 0.5) is 11.4 Å². The second-order valence-corrected chi connectivity index (χ2v) is 5.64. The number of carbonyl (C=O) groups is 3. The zero-order valence-electron chi connectivity index (χ0n) is 15.9. The van der Waals surface area contributed by atoms with Crippen LogP contribution in [0.1, 0.15) is 23.7 Å². The smallest absolute Gasteiger partial charge is 0.338 e. The summed E-state index contributed by atoms with van der Waals surface area (Å²) >= 11 is 0. The monoisotopic (exact) mass is 386 g/mol. The van der Waals surface area contributed by atoms with Gasteiger partial charge in [-0.1, -0.05) is 0 Å². The van der Waals surface area contributed by atoms with Gasteiger partial charge in [-0.05, 0) is 43.3 Å². The maximum Gasteiger partial charge on any atom is 0.338 e. The van der Waals surface area contributed by atoms with Crippen LogP contribution in [-0.2, 0) is 14.3 Å². The Morgan fingerprint density at radius 1 is 0.893 bits per heavy atom. The van der Waals surface area contributed by atoms with Crippen molar-refractivity contribution >= 4 is 29.2 Å². The number of esters is 1. The van der Waals surface area contributed by atoms with Crippen LogP contribution < -0.4 is 20.1 Å². The van der Waals surface area contributed by atoms with Crippen LogP contribution in [0, 0.1) is 0 Å². The van der Waals surface area contributed by atoms with E-state index in [4.69, 9.17) is 14.2 Å². The first-order valence-corrected chi connectivity index (χ1v) is 8.55. The van der Waals surface area contributed by atoms with Gasteiger partial charge >= 0.3 is 5.97 Å². The Morgan fingerprint density at radius 2 is 1.57 bits per heavy atom. The molecule has 0 radical (unpaired) electrons. The third-order valence-corrected chi connectivity index (χ3v) is 3.68. The Labute approximate surface area is 162 Å². The van der Waals surface area contributed by atoms with Crippen molar-refractivity contribution in [2.75, 3.05) is 31.5 Å². The molecule has 0 aliphatic rings. The summed E-state index contributed by atoms with van der Waals surface area (Å²) in [5.74, 6) is -0.450. The summed E-state index contributed by atoms with van der Waals surface area (Å²) in [5.41, 5.74) is 1.24. The fraction of sp³-hybridized carbons (Fsp3) is 0.250. The Bertz CT molecular complexity index is 848. The van der Waals surface area contributed by atoms with Gasteiger partial charge in [0, 0.05) is 11.8 Å². The molecule has 0 saturated carbocycles. The molecule has 28 heavy (non-hydrogen) atoms. The number of amides is 2. The first-order valence-electron chi connectivity index (χ1n) is 8.55. The lowest BCUT2D eigenvalue weighted by Crippen LogP contribution is -2.21. The highest BCUT2D eigenvalue weighted by molar-refractivity contribution is 6.08. The minimum absolute atomic E-state index is 0.282. The van der Waals surface area contributed by atoms with Gasteiger partial charge in [-0.15, -0.1) is 0 Å². The molecule has 0 heterocycles. The molecule has 2 N–H and O–H groups in total. The molecule has 0 aliphatic carbocycles. The van der Waals surface area contributed by atoms with Crippen LogP contribution >= 0.6 is 0 Å². The van der Waals surface area contributed by atoms with Gasteiger partial charge in [0.25, 0.3) is 0 Å². The summed E-state index contributed by atoms with van der Waals surface area (Å²) in [6.07, 6.45) is -0.389. The topological polar surface area (TPSA) is 103 Å². The molecule has 0 atom stereocenters. The van der Waals surface area contributed by atoms with Crippen molar-refractivity contribution in [1.29, 1.82) is 0 Å². The van der Waals surface area contributed by atoms with E-state index in [1.165, 1.54) is 26.4 Å². The number of anilines is 2. The number of benzene rings is 2. The number of rotatable bonds is 8. The van der Waals surface area contributed by atoms with Crippen LogP contribution in [0.25, 0.3) is 0 Å². The van der Waals surface area contributed by atoms with E-state index in [1.807, 2.05) is 0 Å². The van der Waals surface area contributed by atoms with Gasteiger partial charge in [0.1, 0.15) is 17.9 Å². The molecule has 0 spiro atoms. The van der Waals surface area contributed by atoms with E-state index in [1.54, 1.807) is 37.3 Å². The maximum absolute atomic E-state index is 12.2. The van der Waals surface area contributed by atoms with Gasteiger partial charge in [-0.25, -0.2) is 4.79 Å². The molecule has 0 unspecified atom stereocenters. The van der Waals surface area contributed by atoms with Gasteiger partial charge in [0.15, 0.2) is 0 Å². The fourth-order valence-electron chi connectivity index (χ4n) is 2.36. The number of carbonyl (C=O) groups excluding carboxylic acids is 3. The molecule has 2 amide bonds. The minimum Gasteiger partial charge on any atom is -0.497 e. The zero-order valence-corrected chi connectivity index (χ0v) is 15.9. The Hall–Kier alpha value is -3.55.